The minimum Gasteiger partial charge on any atom is -0.343 e. The maximum absolute atomic E-state index is 4.77. The molecule has 0 aromatic carbocycles. The van der Waals surface area contributed by atoms with Gasteiger partial charge in [0.05, 0.1) is 17.6 Å². The van der Waals surface area contributed by atoms with E-state index in [0.717, 1.165) is 40.6 Å². The van der Waals surface area contributed by atoms with Crippen LogP contribution >= 0.6 is 11.3 Å². The van der Waals surface area contributed by atoms with Crippen molar-refractivity contribution in [1.82, 2.24) is 19.5 Å². The second-order valence-electron chi connectivity index (χ2n) is 6.30. The first-order chi connectivity index (χ1) is 12.5. The number of nitrogens with zero attached hydrogens (tertiary/aromatic N) is 4. The second-order valence-corrected chi connectivity index (χ2v) is 7.15. The van der Waals surface area contributed by atoms with Crippen molar-refractivity contribution >= 4 is 16.9 Å². The maximum atomic E-state index is 4.77. The van der Waals surface area contributed by atoms with Gasteiger partial charge in [0.25, 0.3) is 0 Å². The molecule has 0 N–H and O–H groups in total. The summed E-state index contributed by atoms with van der Waals surface area (Å²) in [4.78, 5) is 13.2. The van der Waals surface area contributed by atoms with Crippen LogP contribution in [0, 0.1) is 6.92 Å². The van der Waals surface area contributed by atoms with Crippen LogP contribution in [0.25, 0.3) is 27.7 Å². The van der Waals surface area contributed by atoms with Gasteiger partial charge in [0.1, 0.15) is 10.7 Å². The number of thiazole rings is 1. The molecule has 3 rings (SSSR count). The van der Waals surface area contributed by atoms with Gasteiger partial charge in [-0.1, -0.05) is 33.8 Å². The van der Waals surface area contributed by atoms with Crippen LogP contribution in [0.3, 0.4) is 0 Å². The van der Waals surface area contributed by atoms with Crippen LogP contribution in [0.5, 0.6) is 0 Å². The van der Waals surface area contributed by atoms with Gasteiger partial charge in [-0.15, -0.1) is 11.3 Å². The third kappa shape index (κ3) is 4.47. The fraction of sp³-hybridized carbons (Fsp3) is 0.381. The summed E-state index contributed by atoms with van der Waals surface area (Å²) in [5, 5.41) is 2.99. The quantitative estimate of drug-likeness (QED) is 0.535. The molecule has 0 aliphatic carbocycles. The largest absolute Gasteiger partial charge is 0.343 e. The van der Waals surface area contributed by atoms with Crippen LogP contribution in [0.15, 0.2) is 36.6 Å². The SMILES string of the molecule is C=C(C)c1cc(-c2csc(-c3cnccn3)n2)n(CCC)c1C.CCC. The van der Waals surface area contributed by atoms with E-state index in [1.807, 2.05) is 0 Å². The molecular weight excluding hydrogens is 340 g/mol. The van der Waals surface area contributed by atoms with Gasteiger partial charge < -0.3 is 4.57 Å². The summed E-state index contributed by atoms with van der Waals surface area (Å²) in [6.45, 7) is 15.7. The van der Waals surface area contributed by atoms with E-state index in [9.17, 15) is 0 Å². The molecule has 3 aromatic rings. The molecular formula is C21H28N4S. The summed E-state index contributed by atoms with van der Waals surface area (Å²) < 4.78 is 2.33. The van der Waals surface area contributed by atoms with Gasteiger partial charge >= 0.3 is 0 Å². The molecule has 0 fully saturated rings. The first-order valence-electron chi connectivity index (χ1n) is 9.11. The van der Waals surface area contributed by atoms with Gasteiger partial charge in [-0.2, -0.15) is 0 Å². The van der Waals surface area contributed by atoms with Gasteiger partial charge in [-0.3, -0.25) is 9.97 Å². The molecule has 4 nitrogen and oxygen atoms in total. The highest BCUT2D eigenvalue weighted by atomic mass is 32.1. The minimum atomic E-state index is 0.814. The predicted octanol–water partition coefficient (Wildman–Crippen LogP) is 6.24. The average Bonchev–Trinajstić information content (AvgIpc) is 3.23. The van der Waals surface area contributed by atoms with Gasteiger partial charge in [-0.25, -0.2) is 4.98 Å². The molecule has 0 amide bonds. The molecule has 3 heterocycles. The van der Waals surface area contributed by atoms with Crippen molar-refractivity contribution < 1.29 is 0 Å². The predicted molar refractivity (Wildman–Crippen MR) is 112 cm³/mol. The van der Waals surface area contributed by atoms with Gasteiger partial charge in [0.2, 0.25) is 0 Å². The summed E-state index contributed by atoms with van der Waals surface area (Å²) in [5.74, 6) is 0. The molecule has 0 radical (unpaired) electrons. The van der Waals surface area contributed by atoms with Crippen molar-refractivity contribution in [3.63, 3.8) is 0 Å². The Labute approximate surface area is 160 Å². The van der Waals surface area contributed by atoms with Crippen LogP contribution in [-0.2, 0) is 6.54 Å². The van der Waals surface area contributed by atoms with Gasteiger partial charge in [0.15, 0.2) is 0 Å². The summed E-state index contributed by atoms with van der Waals surface area (Å²) in [6.07, 6.45) is 7.45. The van der Waals surface area contributed by atoms with E-state index >= 15 is 0 Å². The summed E-state index contributed by atoms with van der Waals surface area (Å²) in [7, 11) is 0. The molecule has 0 bridgehead atoms. The monoisotopic (exact) mass is 368 g/mol. The Morgan fingerprint density at radius 1 is 1.19 bits per heavy atom. The lowest BCUT2D eigenvalue weighted by Gasteiger charge is -2.09. The van der Waals surface area contributed by atoms with E-state index in [4.69, 9.17) is 4.98 Å². The van der Waals surface area contributed by atoms with Crippen molar-refractivity contribution in [3.8, 4) is 22.1 Å². The molecule has 0 aliphatic heterocycles. The highest BCUT2D eigenvalue weighted by molar-refractivity contribution is 7.13. The minimum absolute atomic E-state index is 0.814. The lowest BCUT2D eigenvalue weighted by atomic mass is 10.1. The Hall–Kier alpha value is -2.27. The zero-order chi connectivity index (χ0) is 19.1. The molecule has 0 unspecified atom stereocenters. The molecule has 0 saturated carbocycles. The Bertz CT molecular complexity index is 846. The zero-order valence-corrected chi connectivity index (χ0v) is 17.2. The zero-order valence-electron chi connectivity index (χ0n) is 16.4. The molecule has 0 aliphatic rings. The summed E-state index contributed by atoms with van der Waals surface area (Å²) in [6, 6.07) is 2.20. The lowest BCUT2D eigenvalue weighted by molar-refractivity contribution is 0.670. The van der Waals surface area contributed by atoms with Crippen molar-refractivity contribution in [2.75, 3.05) is 0 Å². The van der Waals surface area contributed by atoms with Crippen LogP contribution in [0.1, 0.15) is 51.8 Å². The summed E-state index contributed by atoms with van der Waals surface area (Å²) in [5.41, 5.74) is 6.50. The lowest BCUT2D eigenvalue weighted by Crippen LogP contribution is -2.02. The van der Waals surface area contributed by atoms with Crippen LogP contribution in [0.4, 0.5) is 0 Å². The number of hydrogen-bond acceptors (Lipinski definition) is 4. The smallest absolute Gasteiger partial charge is 0.144 e. The third-order valence-corrected chi connectivity index (χ3v) is 4.69. The fourth-order valence-electron chi connectivity index (χ4n) is 2.72. The summed E-state index contributed by atoms with van der Waals surface area (Å²) >= 11 is 1.60. The Balaban J connectivity index is 0.000000758. The van der Waals surface area contributed by atoms with Crippen LogP contribution in [0.2, 0.25) is 0 Å². The average molecular weight is 369 g/mol. The van der Waals surface area contributed by atoms with E-state index < -0.39 is 0 Å². The first-order valence-corrected chi connectivity index (χ1v) is 9.99. The standard InChI is InChI=1S/C18H20N4S.C3H8/c1-5-8-22-13(4)14(12(2)3)9-17(22)16-11-23-18(21-16)15-10-19-6-7-20-15;1-3-2/h6-7,9-11H,2,5,8H2,1,3-4H3;3H2,1-2H3. The van der Waals surface area contributed by atoms with Crippen molar-refractivity contribution in [3.05, 3.63) is 47.9 Å². The highest BCUT2D eigenvalue weighted by Gasteiger charge is 2.16. The van der Waals surface area contributed by atoms with Gasteiger partial charge in [-0.05, 0) is 37.5 Å². The molecule has 26 heavy (non-hydrogen) atoms. The van der Waals surface area contributed by atoms with Crippen molar-refractivity contribution in [1.29, 1.82) is 0 Å². The van der Waals surface area contributed by atoms with Crippen LogP contribution in [-0.4, -0.2) is 19.5 Å². The fourth-order valence-corrected chi connectivity index (χ4v) is 3.49. The second kappa shape index (κ2) is 9.43. The van der Waals surface area contributed by atoms with Gasteiger partial charge in [0, 0.05) is 30.0 Å². The molecule has 138 valence electrons. The molecule has 0 spiro atoms. The van der Waals surface area contributed by atoms with E-state index in [1.165, 1.54) is 17.7 Å². The van der Waals surface area contributed by atoms with Crippen molar-refractivity contribution in [2.24, 2.45) is 0 Å². The van der Waals surface area contributed by atoms with E-state index in [1.54, 1.807) is 29.9 Å². The van der Waals surface area contributed by atoms with E-state index in [-0.39, 0.29) is 0 Å². The van der Waals surface area contributed by atoms with E-state index in [0.29, 0.717) is 0 Å². The molecule has 0 atom stereocenters. The maximum Gasteiger partial charge on any atom is 0.144 e. The van der Waals surface area contributed by atoms with Crippen LogP contribution < -0.4 is 0 Å². The molecule has 0 saturated heterocycles. The normalized spacial score (nSPS) is 10.3. The Kier molecular flexibility index (Phi) is 7.27. The molecule has 5 heteroatoms. The van der Waals surface area contributed by atoms with Crippen molar-refractivity contribution in [2.45, 2.75) is 54.0 Å². The first kappa shape index (κ1) is 20.0. The Morgan fingerprint density at radius 3 is 2.50 bits per heavy atom. The molecule has 3 aromatic heterocycles. The van der Waals surface area contributed by atoms with E-state index in [2.05, 4.69) is 67.2 Å². The number of hydrogen-bond donors (Lipinski definition) is 0. The Morgan fingerprint density at radius 2 is 1.92 bits per heavy atom. The highest BCUT2D eigenvalue weighted by Crippen LogP contribution is 2.32. The topological polar surface area (TPSA) is 43.6 Å². The number of rotatable bonds is 5. The number of aromatic nitrogens is 4. The number of allylic oxidation sites excluding steroid dienone is 1. The third-order valence-electron chi connectivity index (χ3n) is 3.82.